The van der Waals surface area contributed by atoms with Crippen LogP contribution in [-0.2, 0) is 9.59 Å². The third-order valence-electron chi connectivity index (χ3n) is 6.44. The molecule has 0 aliphatic carbocycles. The second-order valence-electron chi connectivity index (χ2n) is 8.66. The maximum absolute atomic E-state index is 13.5. The predicted molar refractivity (Wildman–Crippen MR) is 140 cm³/mol. The average molecular weight is 496 g/mol. The molecule has 0 bridgehead atoms. The Morgan fingerprint density at radius 1 is 1.08 bits per heavy atom. The zero-order chi connectivity index (χ0) is 25.0. The van der Waals surface area contributed by atoms with Crippen LogP contribution in [0.25, 0.3) is 26.9 Å². The van der Waals surface area contributed by atoms with Crippen LogP contribution >= 0.6 is 11.3 Å². The van der Waals surface area contributed by atoms with Crippen LogP contribution in [0.2, 0.25) is 0 Å². The molecule has 1 unspecified atom stereocenters. The fourth-order valence-electron chi connectivity index (χ4n) is 4.69. The van der Waals surface area contributed by atoms with E-state index in [9.17, 15) is 14.7 Å². The SMILES string of the molecule is COc1cccc(C2/C(=C(\O)c3c[nH]c4ccccc34)C(=O)C(=O)N2c2nc3ccc(C)cc3s2)c1. The number of ketones is 1. The molecule has 8 heteroatoms. The molecule has 2 N–H and O–H groups in total. The molecule has 1 atom stereocenters. The molecule has 0 saturated carbocycles. The van der Waals surface area contributed by atoms with E-state index in [1.54, 1.807) is 31.5 Å². The van der Waals surface area contributed by atoms with Gasteiger partial charge in [0.25, 0.3) is 5.78 Å². The van der Waals surface area contributed by atoms with Gasteiger partial charge in [-0.15, -0.1) is 0 Å². The average Bonchev–Trinajstić information content (AvgIpc) is 3.57. The standard InChI is InChI=1S/C28H21N3O4S/c1-15-10-11-21-22(12-15)36-28(30-21)31-24(16-6-5-7-17(13-16)35-2)23(26(33)27(31)34)25(32)19-14-29-20-9-4-3-8-18(19)20/h3-14,24,29,32H,1-2H3/b25-23+. The Hall–Kier alpha value is -4.43. The number of Topliss-reactive ketones (excluding diaryl/α,β-unsaturated/α-hetero) is 1. The van der Waals surface area contributed by atoms with E-state index in [1.165, 1.54) is 16.2 Å². The highest BCUT2D eigenvalue weighted by Gasteiger charge is 2.48. The van der Waals surface area contributed by atoms with Gasteiger partial charge in [0, 0.05) is 22.7 Å². The Bertz CT molecular complexity index is 1710. The summed E-state index contributed by atoms with van der Waals surface area (Å²) in [5, 5.41) is 12.6. The van der Waals surface area contributed by atoms with Gasteiger partial charge in [0.1, 0.15) is 11.5 Å². The number of nitrogens with zero attached hydrogens (tertiary/aromatic N) is 2. The molecular weight excluding hydrogens is 474 g/mol. The second kappa shape index (κ2) is 8.35. The molecule has 0 radical (unpaired) electrons. The second-order valence-corrected chi connectivity index (χ2v) is 9.67. The monoisotopic (exact) mass is 495 g/mol. The third-order valence-corrected chi connectivity index (χ3v) is 7.45. The number of amides is 1. The molecule has 1 amide bonds. The molecule has 6 rings (SSSR count). The number of carbonyl (C=O) groups excluding carboxylic acids is 2. The van der Waals surface area contributed by atoms with Crippen molar-refractivity contribution >= 4 is 55.0 Å². The van der Waals surface area contributed by atoms with E-state index < -0.39 is 17.7 Å². The summed E-state index contributed by atoms with van der Waals surface area (Å²) in [6, 6.07) is 19.6. The Balaban J connectivity index is 1.60. The number of hydrogen-bond donors (Lipinski definition) is 2. The lowest BCUT2D eigenvalue weighted by atomic mass is 9.95. The quantitative estimate of drug-likeness (QED) is 0.189. The molecule has 1 aliphatic rings. The number of aryl methyl sites for hydroxylation is 1. The van der Waals surface area contributed by atoms with Crippen molar-refractivity contribution in [2.75, 3.05) is 12.0 Å². The van der Waals surface area contributed by atoms with Gasteiger partial charge in [-0.2, -0.15) is 0 Å². The van der Waals surface area contributed by atoms with Crippen LogP contribution in [0.5, 0.6) is 5.75 Å². The van der Waals surface area contributed by atoms with Crippen LogP contribution in [0.1, 0.15) is 22.7 Å². The topological polar surface area (TPSA) is 95.5 Å². The minimum Gasteiger partial charge on any atom is -0.507 e. The molecule has 0 spiro atoms. The number of thiazole rings is 1. The number of benzene rings is 3. The number of aromatic nitrogens is 2. The summed E-state index contributed by atoms with van der Waals surface area (Å²) in [5.74, 6) is -1.16. The lowest BCUT2D eigenvalue weighted by Gasteiger charge is -2.23. The van der Waals surface area contributed by atoms with Crippen molar-refractivity contribution in [3.05, 3.63) is 95.2 Å². The lowest BCUT2D eigenvalue weighted by molar-refractivity contribution is -0.132. The summed E-state index contributed by atoms with van der Waals surface area (Å²) < 4.78 is 6.32. The van der Waals surface area contributed by atoms with Gasteiger partial charge < -0.3 is 14.8 Å². The molecule has 5 aromatic rings. The van der Waals surface area contributed by atoms with Gasteiger partial charge in [-0.25, -0.2) is 4.98 Å². The number of anilines is 1. The minimum absolute atomic E-state index is 0.00782. The Morgan fingerprint density at radius 3 is 2.75 bits per heavy atom. The molecule has 3 heterocycles. The van der Waals surface area contributed by atoms with Crippen molar-refractivity contribution < 1.29 is 19.4 Å². The van der Waals surface area contributed by atoms with Crippen molar-refractivity contribution in [3.8, 4) is 5.75 Å². The molecule has 178 valence electrons. The third kappa shape index (κ3) is 3.37. The highest BCUT2D eigenvalue weighted by atomic mass is 32.1. The lowest BCUT2D eigenvalue weighted by Crippen LogP contribution is -2.29. The number of aliphatic hydroxyl groups is 1. The molecule has 2 aromatic heterocycles. The minimum atomic E-state index is -0.879. The molecule has 7 nitrogen and oxygen atoms in total. The number of nitrogens with one attached hydrogen (secondary N) is 1. The molecule has 1 saturated heterocycles. The van der Waals surface area contributed by atoms with Gasteiger partial charge in [-0.3, -0.25) is 14.5 Å². The van der Waals surface area contributed by atoms with E-state index >= 15 is 0 Å². The summed E-state index contributed by atoms with van der Waals surface area (Å²) in [7, 11) is 1.55. The van der Waals surface area contributed by atoms with Gasteiger partial charge in [0.05, 0.1) is 28.9 Å². The number of aromatic amines is 1. The van der Waals surface area contributed by atoms with E-state index in [-0.39, 0.29) is 11.3 Å². The summed E-state index contributed by atoms with van der Waals surface area (Å²) >= 11 is 1.34. The molecule has 36 heavy (non-hydrogen) atoms. The maximum atomic E-state index is 13.5. The van der Waals surface area contributed by atoms with Gasteiger partial charge in [-0.1, -0.05) is 47.7 Å². The van der Waals surface area contributed by atoms with E-state index in [2.05, 4.69) is 9.97 Å². The highest BCUT2D eigenvalue weighted by molar-refractivity contribution is 7.22. The van der Waals surface area contributed by atoms with Crippen LogP contribution < -0.4 is 9.64 Å². The predicted octanol–water partition coefficient (Wildman–Crippen LogP) is 5.72. The Morgan fingerprint density at radius 2 is 1.92 bits per heavy atom. The number of rotatable bonds is 4. The largest absolute Gasteiger partial charge is 0.507 e. The van der Waals surface area contributed by atoms with Gasteiger partial charge in [0.15, 0.2) is 5.13 Å². The zero-order valence-corrected chi connectivity index (χ0v) is 20.3. The number of H-pyrrole nitrogens is 1. The number of para-hydroxylation sites is 1. The Kier molecular flexibility index (Phi) is 5.12. The van der Waals surface area contributed by atoms with Crippen molar-refractivity contribution in [2.45, 2.75) is 13.0 Å². The van der Waals surface area contributed by atoms with Crippen LogP contribution in [0.15, 0.2) is 78.5 Å². The smallest absolute Gasteiger partial charge is 0.301 e. The first kappa shape index (κ1) is 22.1. The van der Waals surface area contributed by atoms with Crippen molar-refractivity contribution in [1.29, 1.82) is 0 Å². The van der Waals surface area contributed by atoms with Crippen LogP contribution in [0, 0.1) is 6.92 Å². The van der Waals surface area contributed by atoms with Crippen molar-refractivity contribution in [2.24, 2.45) is 0 Å². The number of fused-ring (bicyclic) bond motifs is 2. The van der Waals surface area contributed by atoms with Crippen LogP contribution in [-0.4, -0.2) is 33.9 Å². The van der Waals surface area contributed by atoms with Crippen molar-refractivity contribution in [3.63, 3.8) is 0 Å². The number of hydrogen-bond acceptors (Lipinski definition) is 6. The first-order valence-electron chi connectivity index (χ1n) is 11.3. The van der Waals surface area contributed by atoms with E-state index in [4.69, 9.17) is 4.74 Å². The zero-order valence-electron chi connectivity index (χ0n) is 19.5. The van der Waals surface area contributed by atoms with Gasteiger partial charge in [-0.05, 0) is 48.4 Å². The number of aliphatic hydroxyl groups excluding tert-OH is 1. The van der Waals surface area contributed by atoms with Crippen molar-refractivity contribution in [1.82, 2.24) is 9.97 Å². The number of carbonyl (C=O) groups is 2. The normalized spacial score (nSPS) is 17.4. The molecule has 3 aromatic carbocycles. The summed E-state index contributed by atoms with van der Waals surface area (Å²) in [6.07, 6.45) is 1.65. The summed E-state index contributed by atoms with van der Waals surface area (Å²) in [6.45, 7) is 1.99. The van der Waals surface area contributed by atoms with Crippen LogP contribution in [0.3, 0.4) is 0 Å². The summed E-state index contributed by atoms with van der Waals surface area (Å²) in [5.41, 5.74) is 3.72. The van der Waals surface area contributed by atoms with E-state index in [0.29, 0.717) is 22.0 Å². The fraction of sp³-hybridized carbons (Fsp3) is 0.107. The molecule has 1 aliphatic heterocycles. The molecular formula is C28H21N3O4S. The van der Waals surface area contributed by atoms with E-state index in [1.807, 2.05) is 55.5 Å². The molecule has 1 fully saturated rings. The fourth-order valence-corrected chi connectivity index (χ4v) is 5.78. The van der Waals surface area contributed by atoms with Crippen LogP contribution in [0.4, 0.5) is 5.13 Å². The maximum Gasteiger partial charge on any atom is 0.301 e. The summed E-state index contributed by atoms with van der Waals surface area (Å²) in [4.78, 5) is 36.2. The highest BCUT2D eigenvalue weighted by Crippen LogP contribution is 2.45. The number of ether oxygens (including phenoxy) is 1. The van der Waals surface area contributed by atoms with E-state index in [0.717, 1.165) is 26.7 Å². The first-order valence-corrected chi connectivity index (χ1v) is 12.2. The van der Waals surface area contributed by atoms with Gasteiger partial charge >= 0.3 is 5.91 Å². The first-order chi connectivity index (χ1) is 17.5. The van der Waals surface area contributed by atoms with Gasteiger partial charge in [0.2, 0.25) is 0 Å². The Labute approximate surface area is 210 Å². The number of methoxy groups -OCH3 is 1.